The van der Waals surface area contributed by atoms with Gasteiger partial charge in [0.15, 0.2) is 0 Å². The van der Waals surface area contributed by atoms with E-state index >= 15 is 0 Å². The maximum absolute atomic E-state index is 13.2. The van der Waals surface area contributed by atoms with Gasteiger partial charge in [-0.3, -0.25) is 9.89 Å². The van der Waals surface area contributed by atoms with Crippen molar-refractivity contribution in [2.75, 3.05) is 0 Å². The predicted molar refractivity (Wildman–Crippen MR) is 94.8 cm³/mol. The summed E-state index contributed by atoms with van der Waals surface area (Å²) in [4.78, 5) is 13.2. The zero-order valence-electron chi connectivity index (χ0n) is 15.0. The number of aryl methyl sites for hydroxylation is 3. The van der Waals surface area contributed by atoms with Crippen LogP contribution in [-0.2, 0) is 16.6 Å². The molecule has 1 N–H and O–H groups in total. The fraction of sp³-hybridized carbons (Fsp3) is 0.500. The van der Waals surface area contributed by atoms with Gasteiger partial charge in [0.1, 0.15) is 5.78 Å². The van der Waals surface area contributed by atoms with E-state index in [0.29, 0.717) is 6.42 Å². The lowest BCUT2D eigenvalue weighted by Crippen LogP contribution is -2.35. The summed E-state index contributed by atoms with van der Waals surface area (Å²) < 4.78 is 0. The molecule has 3 heteroatoms. The summed E-state index contributed by atoms with van der Waals surface area (Å²) in [7, 11) is 0. The zero-order chi connectivity index (χ0) is 17.0. The highest BCUT2D eigenvalue weighted by Crippen LogP contribution is 2.31. The van der Waals surface area contributed by atoms with E-state index in [1.807, 2.05) is 6.07 Å². The molecule has 3 nitrogen and oxygen atoms in total. The number of hydrogen-bond donors (Lipinski definition) is 1. The molecule has 2 aromatic rings. The summed E-state index contributed by atoms with van der Waals surface area (Å²) in [6.07, 6.45) is 5.19. The molecule has 0 bridgehead atoms. The van der Waals surface area contributed by atoms with E-state index in [4.69, 9.17) is 0 Å². The average Bonchev–Trinajstić information content (AvgIpc) is 3.03. The third kappa shape index (κ3) is 3.72. The third-order valence-corrected chi connectivity index (χ3v) is 4.92. The van der Waals surface area contributed by atoms with Gasteiger partial charge in [-0.1, -0.05) is 37.5 Å². The van der Waals surface area contributed by atoms with Gasteiger partial charge in [0.25, 0.3) is 0 Å². The smallest absolute Gasteiger partial charge is 0.149 e. The van der Waals surface area contributed by atoms with Gasteiger partial charge in [-0.25, -0.2) is 0 Å². The van der Waals surface area contributed by atoms with Gasteiger partial charge in [0.05, 0.1) is 5.41 Å². The number of carbonyl (C=O) groups excluding carboxylic acids is 1. The van der Waals surface area contributed by atoms with Crippen molar-refractivity contribution in [3.05, 3.63) is 52.3 Å². The van der Waals surface area contributed by atoms with Crippen molar-refractivity contribution in [1.82, 2.24) is 10.2 Å². The van der Waals surface area contributed by atoms with E-state index in [1.54, 1.807) is 6.20 Å². The summed E-state index contributed by atoms with van der Waals surface area (Å²) in [5.41, 5.74) is 5.27. The summed E-state index contributed by atoms with van der Waals surface area (Å²) in [5.74, 6) is 0.269. The number of aromatic nitrogens is 2. The first-order valence-corrected chi connectivity index (χ1v) is 8.48. The number of carbonyl (C=O) groups is 1. The third-order valence-electron chi connectivity index (χ3n) is 4.92. The summed E-state index contributed by atoms with van der Waals surface area (Å²) in [6, 6.07) is 6.26. The number of Topliss-reactive ketones (excluding diaryl/α,β-unsaturated/α-hetero) is 1. The van der Waals surface area contributed by atoms with Crippen LogP contribution in [0.25, 0.3) is 0 Å². The monoisotopic (exact) mass is 312 g/mol. The lowest BCUT2D eigenvalue weighted by molar-refractivity contribution is -0.123. The number of unbranched alkanes of at least 4 members (excludes halogenated alkanes) is 1. The molecule has 1 heterocycles. The minimum absolute atomic E-state index is 0.269. The Hall–Kier alpha value is -1.90. The molecule has 0 amide bonds. The van der Waals surface area contributed by atoms with Crippen molar-refractivity contribution in [2.45, 2.75) is 65.7 Å². The highest BCUT2D eigenvalue weighted by atomic mass is 16.1. The van der Waals surface area contributed by atoms with E-state index in [2.05, 4.69) is 56.9 Å². The van der Waals surface area contributed by atoms with Crippen LogP contribution in [0.3, 0.4) is 0 Å². The average molecular weight is 312 g/mol. The summed E-state index contributed by atoms with van der Waals surface area (Å²) in [5, 5.41) is 7.08. The van der Waals surface area contributed by atoms with Crippen molar-refractivity contribution in [3.63, 3.8) is 0 Å². The number of hydrogen-bond acceptors (Lipinski definition) is 2. The van der Waals surface area contributed by atoms with Crippen LogP contribution in [0.5, 0.6) is 0 Å². The molecule has 0 aliphatic heterocycles. The van der Waals surface area contributed by atoms with Gasteiger partial charge in [-0.2, -0.15) is 5.10 Å². The van der Waals surface area contributed by atoms with Crippen LogP contribution in [0, 0.1) is 20.8 Å². The molecule has 2 rings (SSSR count). The molecule has 1 aromatic heterocycles. The van der Waals surface area contributed by atoms with Crippen molar-refractivity contribution >= 4 is 5.78 Å². The first-order chi connectivity index (χ1) is 10.9. The topological polar surface area (TPSA) is 45.8 Å². The second-order valence-corrected chi connectivity index (χ2v) is 6.88. The van der Waals surface area contributed by atoms with Gasteiger partial charge in [-0.05, 0) is 56.9 Å². The largest absolute Gasteiger partial charge is 0.298 e. The summed E-state index contributed by atoms with van der Waals surface area (Å²) in [6.45, 7) is 10.5. The molecule has 1 aromatic carbocycles. The Morgan fingerprint density at radius 3 is 2.39 bits per heavy atom. The molecular weight excluding hydrogens is 284 g/mol. The molecule has 124 valence electrons. The first kappa shape index (κ1) is 17.5. The number of nitrogens with one attached hydrogen (secondary N) is 1. The Bertz CT molecular complexity index is 650. The van der Waals surface area contributed by atoms with Gasteiger partial charge in [0.2, 0.25) is 0 Å². The van der Waals surface area contributed by atoms with E-state index in [9.17, 15) is 4.79 Å². The van der Waals surface area contributed by atoms with Gasteiger partial charge >= 0.3 is 0 Å². The van der Waals surface area contributed by atoms with Crippen molar-refractivity contribution < 1.29 is 4.79 Å². The molecule has 0 saturated carbocycles. The highest BCUT2D eigenvalue weighted by molar-refractivity contribution is 5.91. The van der Waals surface area contributed by atoms with Crippen LogP contribution in [0.15, 0.2) is 24.4 Å². The van der Waals surface area contributed by atoms with Gasteiger partial charge in [-0.15, -0.1) is 0 Å². The fourth-order valence-corrected chi connectivity index (χ4v) is 3.36. The highest BCUT2D eigenvalue weighted by Gasteiger charge is 2.35. The Balaban J connectivity index is 2.32. The number of benzene rings is 1. The van der Waals surface area contributed by atoms with Gasteiger partial charge in [0, 0.05) is 18.3 Å². The maximum Gasteiger partial charge on any atom is 0.149 e. The van der Waals surface area contributed by atoms with Crippen molar-refractivity contribution in [2.24, 2.45) is 0 Å². The van der Waals surface area contributed by atoms with Crippen LogP contribution in [0.4, 0.5) is 0 Å². The second-order valence-electron chi connectivity index (χ2n) is 6.88. The molecule has 0 aliphatic carbocycles. The molecule has 0 fully saturated rings. The normalized spacial score (nSPS) is 13.8. The number of H-pyrrole nitrogens is 1. The summed E-state index contributed by atoms with van der Waals surface area (Å²) >= 11 is 0. The minimum Gasteiger partial charge on any atom is -0.298 e. The lowest BCUT2D eigenvalue weighted by atomic mass is 9.75. The molecule has 1 unspecified atom stereocenters. The van der Waals surface area contributed by atoms with Crippen molar-refractivity contribution in [1.29, 1.82) is 0 Å². The Kier molecular flexibility index (Phi) is 5.40. The van der Waals surface area contributed by atoms with Crippen molar-refractivity contribution in [3.8, 4) is 0 Å². The Labute approximate surface area is 139 Å². The lowest BCUT2D eigenvalue weighted by Gasteiger charge is -2.27. The molecular formula is C20H28N2O. The molecule has 0 radical (unpaired) electrons. The van der Waals surface area contributed by atoms with Crippen LogP contribution in [-0.4, -0.2) is 16.0 Å². The standard InChI is InChI=1S/C20H28N2O/c1-6-7-9-20(5,18-8-10-21-22-18)19(23)13-17-15(3)11-14(2)12-16(17)4/h8,10-12H,6-7,9,13H2,1-5H3,(H,21,22). The van der Waals surface area contributed by atoms with E-state index in [-0.39, 0.29) is 5.78 Å². The van der Waals surface area contributed by atoms with Crippen LogP contribution in [0.1, 0.15) is 61.1 Å². The number of aromatic amines is 1. The zero-order valence-corrected chi connectivity index (χ0v) is 15.0. The number of ketones is 1. The van der Waals surface area contributed by atoms with Crippen LogP contribution in [0.2, 0.25) is 0 Å². The maximum atomic E-state index is 13.2. The minimum atomic E-state index is -0.490. The number of rotatable bonds is 7. The fourth-order valence-electron chi connectivity index (χ4n) is 3.36. The molecule has 0 saturated heterocycles. The Morgan fingerprint density at radius 2 is 1.87 bits per heavy atom. The van der Waals surface area contributed by atoms with Crippen LogP contribution < -0.4 is 0 Å². The number of nitrogens with zero attached hydrogens (tertiary/aromatic N) is 1. The molecule has 0 spiro atoms. The predicted octanol–water partition coefficient (Wildman–Crippen LogP) is 4.59. The van der Waals surface area contributed by atoms with Crippen LogP contribution >= 0.6 is 0 Å². The van der Waals surface area contributed by atoms with E-state index in [1.165, 1.54) is 22.3 Å². The quantitative estimate of drug-likeness (QED) is 0.812. The SMILES string of the molecule is CCCCC(C)(C(=O)Cc1c(C)cc(C)cc1C)c1ccn[nH]1. The molecule has 1 atom stereocenters. The second kappa shape index (κ2) is 7.12. The van der Waals surface area contributed by atoms with E-state index < -0.39 is 5.41 Å². The molecule has 23 heavy (non-hydrogen) atoms. The molecule has 0 aliphatic rings. The first-order valence-electron chi connectivity index (χ1n) is 8.48. The van der Waals surface area contributed by atoms with Gasteiger partial charge < -0.3 is 0 Å². The Morgan fingerprint density at radius 1 is 1.22 bits per heavy atom. The van der Waals surface area contributed by atoms with E-state index in [0.717, 1.165) is 25.0 Å².